The molecule has 2 aliphatic heterocycles. The topological polar surface area (TPSA) is 44.8 Å². The largest absolute Gasteiger partial charge is 0.497 e. The van der Waals surface area contributed by atoms with Gasteiger partial charge < -0.3 is 19.9 Å². The number of ether oxygens (including phenoxy) is 1. The highest BCUT2D eigenvalue weighted by Gasteiger charge is 2.41. The summed E-state index contributed by atoms with van der Waals surface area (Å²) in [6.07, 6.45) is 0.740. The number of amides is 1. The number of anilines is 2. The summed E-state index contributed by atoms with van der Waals surface area (Å²) in [7, 11) is 1.70. The molecule has 1 fully saturated rings. The van der Waals surface area contributed by atoms with E-state index in [2.05, 4.69) is 51.5 Å². The minimum absolute atomic E-state index is 0.105. The Hall–Kier alpha value is -3.47. The van der Waals surface area contributed by atoms with Crippen LogP contribution in [0.25, 0.3) is 0 Å². The molecule has 1 amide bonds. The van der Waals surface area contributed by atoms with Crippen LogP contribution in [0.3, 0.4) is 0 Å². The molecule has 5 nitrogen and oxygen atoms in total. The number of rotatable bonds is 5. The molecule has 2 heterocycles. The third-order valence-electron chi connectivity index (χ3n) is 6.69. The van der Waals surface area contributed by atoms with E-state index in [1.807, 2.05) is 42.5 Å². The summed E-state index contributed by atoms with van der Waals surface area (Å²) in [6, 6.07) is 27.0. The molecule has 2 atom stereocenters. The lowest BCUT2D eigenvalue weighted by atomic mass is 9.83. The van der Waals surface area contributed by atoms with Crippen LogP contribution in [0, 0.1) is 5.92 Å². The fourth-order valence-electron chi connectivity index (χ4n) is 4.99. The maximum atomic E-state index is 13.4. The van der Waals surface area contributed by atoms with Crippen molar-refractivity contribution in [3.63, 3.8) is 0 Å². The Morgan fingerprint density at radius 2 is 1.75 bits per heavy atom. The van der Waals surface area contributed by atoms with E-state index in [1.54, 1.807) is 7.11 Å². The molecular formula is C27H29N3O2. The number of para-hydroxylation sites is 1. The van der Waals surface area contributed by atoms with Crippen LogP contribution in [-0.4, -0.2) is 38.7 Å². The van der Waals surface area contributed by atoms with Crippen molar-refractivity contribution in [2.45, 2.75) is 19.0 Å². The van der Waals surface area contributed by atoms with Crippen LogP contribution < -0.4 is 19.9 Å². The summed E-state index contributed by atoms with van der Waals surface area (Å²) in [4.78, 5) is 18.3. The first-order valence-corrected chi connectivity index (χ1v) is 11.3. The van der Waals surface area contributed by atoms with E-state index in [9.17, 15) is 4.79 Å². The summed E-state index contributed by atoms with van der Waals surface area (Å²) in [6.45, 7) is 3.18. The second-order valence-corrected chi connectivity index (χ2v) is 8.55. The van der Waals surface area contributed by atoms with Crippen molar-refractivity contribution < 1.29 is 9.53 Å². The number of fused-ring (bicyclic) bond motifs is 3. The molecule has 0 aromatic heterocycles. The Kier molecular flexibility index (Phi) is 5.71. The summed E-state index contributed by atoms with van der Waals surface area (Å²) in [5.41, 5.74) is 4.75. The highest BCUT2D eigenvalue weighted by molar-refractivity contribution is 5.82. The zero-order chi connectivity index (χ0) is 21.9. The molecule has 3 aromatic rings. The predicted molar refractivity (Wildman–Crippen MR) is 128 cm³/mol. The lowest BCUT2D eigenvalue weighted by Crippen LogP contribution is -2.61. The third kappa shape index (κ3) is 4.03. The average Bonchev–Trinajstić information content (AvgIpc) is 2.87. The molecule has 0 unspecified atom stereocenters. The van der Waals surface area contributed by atoms with Gasteiger partial charge in [0.2, 0.25) is 5.91 Å². The van der Waals surface area contributed by atoms with Crippen molar-refractivity contribution in [3.8, 4) is 5.75 Å². The van der Waals surface area contributed by atoms with E-state index in [1.165, 1.54) is 16.9 Å². The van der Waals surface area contributed by atoms with E-state index >= 15 is 0 Å². The number of methoxy groups -OCH3 is 1. The number of hydrogen-bond donors (Lipinski definition) is 1. The van der Waals surface area contributed by atoms with Gasteiger partial charge in [0.15, 0.2) is 0 Å². The molecule has 0 saturated carbocycles. The summed E-state index contributed by atoms with van der Waals surface area (Å²) >= 11 is 0. The maximum Gasteiger partial charge on any atom is 0.225 e. The lowest BCUT2D eigenvalue weighted by Gasteiger charge is -2.49. The SMILES string of the molecule is COc1ccc2c(c1)N1CCN(c3ccccc3)C[C@H]1[C@H](C(=O)NCc1ccccc1)C2. The van der Waals surface area contributed by atoms with Crippen molar-refractivity contribution in [1.82, 2.24) is 5.32 Å². The molecule has 2 aliphatic rings. The average molecular weight is 428 g/mol. The van der Waals surface area contributed by atoms with Gasteiger partial charge in [-0.1, -0.05) is 54.6 Å². The Labute approximate surface area is 189 Å². The minimum atomic E-state index is -0.105. The number of piperazine rings is 1. The first-order valence-electron chi connectivity index (χ1n) is 11.3. The number of nitrogens with one attached hydrogen (secondary N) is 1. The number of hydrogen-bond acceptors (Lipinski definition) is 4. The first-order chi connectivity index (χ1) is 15.7. The van der Waals surface area contributed by atoms with Crippen LogP contribution in [0.15, 0.2) is 78.9 Å². The van der Waals surface area contributed by atoms with Gasteiger partial charge in [0.1, 0.15) is 5.75 Å². The number of carbonyl (C=O) groups is 1. The molecule has 0 spiro atoms. The van der Waals surface area contributed by atoms with Gasteiger partial charge in [-0.3, -0.25) is 4.79 Å². The van der Waals surface area contributed by atoms with Gasteiger partial charge in [-0.2, -0.15) is 0 Å². The number of nitrogens with zero attached hydrogens (tertiary/aromatic N) is 2. The highest BCUT2D eigenvalue weighted by atomic mass is 16.5. The molecular weight excluding hydrogens is 398 g/mol. The van der Waals surface area contributed by atoms with Crippen LogP contribution in [0.5, 0.6) is 5.75 Å². The van der Waals surface area contributed by atoms with E-state index < -0.39 is 0 Å². The normalized spacial score (nSPS) is 19.7. The molecule has 0 aliphatic carbocycles. The van der Waals surface area contributed by atoms with Crippen molar-refractivity contribution in [1.29, 1.82) is 0 Å². The quantitative estimate of drug-likeness (QED) is 0.671. The van der Waals surface area contributed by atoms with Gasteiger partial charge in [0, 0.05) is 43.6 Å². The molecule has 0 radical (unpaired) electrons. The van der Waals surface area contributed by atoms with Crippen molar-refractivity contribution >= 4 is 17.3 Å². The molecule has 3 aromatic carbocycles. The van der Waals surface area contributed by atoms with Crippen molar-refractivity contribution in [3.05, 3.63) is 90.0 Å². The standard InChI is InChI=1S/C27H29N3O2/c1-32-23-13-12-21-16-24(27(31)28-18-20-8-4-2-5-9-20)26-19-29(22-10-6-3-7-11-22)14-15-30(26)25(21)17-23/h2-13,17,24,26H,14-16,18-19H2,1H3,(H,28,31)/t24-,26+/m1/s1. The Morgan fingerprint density at radius 3 is 2.50 bits per heavy atom. The zero-order valence-corrected chi connectivity index (χ0v) is 18.4. The van der Waals surface area contributed by atoms with Crippen molar-refractivity contribution in [2.75, 3.05) is 36.5 Å². The number of benzene rings is 3. The van der Waals surface area contributed by atoms with E-state index in [-0.39, 0.29) is 17.9 Å². The van der Waals surface area contributed by atoms with Gasteiger partial charge in [0.05, 0.1) is 19.1 Å². The van der Waals surface area contributed by atoms with Crippen molar-refractivity contribution in [2.24, 2.45) is 5.92 Å². The molecule has 164 valence electrons. The van der Waals surface area contributed by atoms with Gasteiger partial charge >= 0.3 is 0 Å². The second kappa shape index (κ2) is 8.95. The fourth-order valence-corrected chi connectivity index (χ4v) is 4.99. The monoisotopic (exact) mass is 427 g/mol. The molecule has 1 N–H and O–H groups in total. The predicted octanol–water partition coefficient (Wildman–Crippen LogP) is 3.88. The lowest BCUT2D eigenvalue weighted by molar-refractivity contribution is -0.126. The van der Waals surface area contributed by atoms with E-state index in [0.29, 0.717) is 6.54 Å². The Bertz CT molecular complexity index is 1070. The maximum absolute atomic E-state index is 13.4. The Morgan fingerprint density at radius 1 is 1.00 bits per heavy atom. The summed E-state index contributed by atoms with van der Waals surface area (Å²) in [5, 5.41) is 3.20. The van der Waals surface area contributed by atoms with Gasteiger partial charge in [-0.05, 0) is 35.7 Å². The fraction of sp³-hybridized carbons (Fsp3) is 0.296. The van der Waals surface area contributed by atoms with Gasteiger partial charge in [-0.25, -0.2) is 0 Å². The van der Waals surface area contributed by atoms with E-state index in [4.69, 9.17) is 4.74 Å². The van der Waals surface area contributed by atoms with Crippen LogP contribution in [0.1, 0.15) is 11.1 Å². The molecule has 0 bridgehead atoms. The minimum Gasteiger partial charge on any atom is -0.497 e. The summed E-state index contributed by atoms with van der Waals surface area (Å²) < 4.78 is 5.50. The van der Waals surface area contributed by atoms with Gasteiger partial charge in [-0.15, -0.1) is 0 Å². The van der Waals surface area contributed by atoms with Crippen LogP contribution >= 0.6 is 0 Å². The molecule has 1 saturated heterocycles. The molecule has 32 heavy (non-hydrogen) atoms. The van der Waals surface area contributed by atoms with Gasteiger partial charge in [0.25, 0.3) is 0 Å². The smallest absolute Gasteiger partial charge is 0.225 e. The van der Waals surface area contributed by atoms with Crippen LogP contribution in [0.4, 0.5) is 11.4 Å². The zero-order valence-electron chi connectivity index (χ0n) is 18.4. The van der Waals surface area contributed by atoms with Crippen LogP contribution in [-0.2, 0) is 17.8 Å². The van der Waals surface area contributed by atoms with E-state index in [0.717, 1.165) is 37.4 Å². The second-order valence-electron chi connectivity index (χ2n) is 8.55. The van der Waals surface area contributed by atoms with Crippen LogP contribution in [0.2, 0.25) is 0 Å². The highest BCUT2D eigenvalue weighted by Crippen LogP contribution is 2.38. The molecule has 5 rings (SSSR count). The summed E-state index contributed by atoms with van der Waals surface area (Å²) in [5.74, 6) is 0.881. The Balaban J connectivity index is 1.42. The number of carbonyl (C=O) groups excluding carboxylic acids is 1. The third-order valence-corrected chi connectivity index (χ3v) is 6.69. The first kappa shape index (κ1) is 20.4. The molecule has 5 heteroatoms.